The quantitative estimate of drug-likeness (QED) is 0.400. The number of benzene rings is 3. The van der Waals surface area contributed by atoms with Crippen molar-refractivity contribution in [3.05, 3.63) is 100 Å². The normalized spacial score (nSPS) is 11.2. The van der Waals surface area contributed by atoms with Gasteiger partial charge < -0.3 is 9.88 Å². The molecule has 3 aromatic carbocycles. The Labute approximate surface area is 187 Å². The van der Waals surface area contributed by atoms with Crippen molar-refractivity contribution in [2.45, 2.75) is 32.7 Å². The van der Waals surface area contributed by atoms with Gasteiger partial charge >= 0.3 is 0 Å². The van der Waals surface area contributed by atoms with Gasteiger partial charge in [-0.25, -0.2) is 4.98 Å². The SMILES string of the molecule is CC(C)c1ccc(Cn2c(CCNC(=O)c3ccc(Cl)cc3)nc3ccccc32)cc1. The number of nitrogens with one attached hydrogen (secondary N) is 1. The van der Waals surface area contributed by atoms with E-state index in [4.69, 9.17) is 16.6 Å². The number of nitrogens with zero attached hydrogens (tertiary/aromatic N) is 2. The van der Waals surface area contributed by atoms with Gasteiger partial charge in [0, 0.05) is 30.1 Å². The zero-order valence-corrected chi connectivity index (χ0v) is 18.6. The van der Waals surface area contributed by atoms with Crippen LogP contribution in [0.5, 0.6) is 0 Å². The Balaban J connectivity index is 1.50. The molecule has 0 atom stereocenters. The molecular formula is C26H26ClN3O. The second-order valence-corrected chi connectivity index (χ2v) is 8.45. The van der Waals surface area contributed by atoms with E-state index in [0.29, 0.717) is 29.5 Å². The third kappa shape index (κ3) is 4.97. The lowest BCUT2D eigenvalue weighted by molar-refractivity contribution is 0.0954. The summed E-state index contributed by atoms with van der Waals surface area (Å²) in [5.74, 6) is 1.37. The number of hydrogen-bond acceptors (Lipinski definition) is 2. The third-order valence-corrected chi connectivity index (χ3v) is 5.71. The Bertz CT molecular complexity index is 1180. The van der Waals surface area contributed by atoms with Gasteiger partial charge in [-0.15, -0.1) is 0 Å². The Morgan fingerprint density at radius 3 is 2.42 bits per heavy atom. The molecular weight excluding hydrogens is 406 g/mol. The van der Waals surface area contributed by atoms with Crippen LogP contribution in [0.3, 0.4) is 0 Å². The van der Waals surface area contributed by atoms with E-state index in [1.807, 2.05) is 18.2 Å². The smallest absolute Gasteiger partial charge is 0.251 e. The van der Waals surface area contributed by atoms with Crippen LogP contribution in [-0.2, 0) is 13.0 Å². The maximum atomic E-state index is 12.4. The minimum absolute atomic E-state index is 0.108. The molecule has 0 unspecified atom stereocenters. The molecule has 0 aliphatic rings. The maximum Gasteiger partial charge on any atom is 0.251 e. The molecule has 0 fully saturated rings. The molecule has 0 aliphatic carbocycles. The summed E-state index contributed by atoms with van der Waals surface area (Å²) < 4.78 is 2.24. The summed E-state index contributed by atoms with van der Waals surface area (Å²) >= 11 is 5.90. The number of para-hydroxylation sites is 2. The molecule has 4 rings (SSSR count). The number of carbonyl (C=O) groups is 1. The highest BCUT2D eigenvalue weighted by Crippen LogP contribution is 2.20. The van der Waals surface area contributed by atoms with Gasteiger partial charge in [-0.1, -0.05) is 61.8 Å². The Hall–Kier alpha value is -3.11. The second-order valence-electron chi connectivity index (χ2n) is 8.01. The first kappa shape index (κ1) is 21.1. The van der Waals surface area contributed by atoms with E-state index in [-0.39, 0.29) is 5.91 Å². The first-order valence-corrected chi connectivity index (χ1v) is 11.0. The zero-order chi connectivity index (χ0) is 21.8. The zero-order valence-electron chi connectivity index (χ0n) is 17.8. The van der Waals surface area contributed by atoms with Crippen LogP contribution in [0.25, 0.3) is 11.0 Å². The third-order valence-electron chi connectivity index (χ3n) is 5.46. The monoisotopic (exact) mass is 431 g/mol. The molecule has 0 aliphatic heterocycles. The van der Waals surface area contributed by atoms with Crippen LogP contribution in [0.2, 0.25) is 5.02 Å². The Morgan fingerprint density at radius 2 is 1.71 bits per heavy atom. The highest BCUT2D eigenvalue weighted by molar-refractivity contribution is 6.30. The fourth-order valence-corrected chi connectivity index (χ4v) is 3.80. The largest absolute Gasteiger partial charge is 0.352 e. The summed E-state index contributed by atoms with van der Waals surface area (Å²) in [5.41, 5.74) is 5.25. The lowest BCUT2D eigenvalue weighted by Crippen LogP contribution is -2.26. The number of amides is 1. The van der Waals surface area contributed by atoms with E-state index in [2.05, 4.69) is 54.1 Å². The Morgan fingerprint density at radius 1 is 1.00 bits per heavy atom. The molecule has 31 heavy (non-hydrogen) atoms. The minimum Gasteiger partial charge on any atom is -0.352 e. The van der Waals surface area contributed by atoms with Gasteiger partial charge in [0.05, 0.1) is 11.0 Å². The van der Waals surface area contributed by atoms with E-state index in [1.165, 1.54) is 11.1 Å². The van der Waals surface area contributed by atoms with Gasteiger partial charge in [-0.05, 0) is 53.4 Å². The highest BCUT2D eigenvalue weighted by Gasteiger charge is 2.12. The summed E-state index contributed by atoms with van der Waals surface area (Å²) in [4.78, 5) is 17.2. The van der Waals surface area contributed by atoms with E-state index < -0.39 is 0 Å². The number of fused-ring (bicyclic) bond motifs is 1. The van der Waals surface area contributed by atoms with Crippen LogP contribution in [0.4, 0.5) is 0 Å². The predicted octanol–water partition coefficient (Wildman–Crippen LogP) is 5.83. The molecule has 1 N–H and O–H groups in total. The van der Waals surface area contributed by atoms with Gasteiger partial charge in [0.2, 0.25) is 0 Å². The van der Waals surface area contributed by atoms with Gasteiger partial charge in [0.25, 0.3) is 5.91 Å². The van der Waals surface area contributed by atoms with Gasteiger partial charge in [0.1, 0.15) is 5.82 Å². The van der Waals surface area contributed by atoms with Gasteiger partial charge in [0.15, 0.2) is 0 Å². The van der Waals surface area contributed by atoms with Crippen LogP contribution in [0.1, 0.15) is 47.1 Å². The van der Waals surface area contributed by atoms with Crippen LogP contribution in [0.15, 0.2) is 72.8 Å². The van der Waals surface area contributed by atoms with E-state index in [1.54, 1.807) is 24.3 Å². The van der Waals surface area contributed by atoms with Crippen molar-refractivity contribution in [3.63, 3.8) is 0 Å². The van der Waals surface area contributed by atoms with Crippen molar-refractivity contribution in [1.82, 2.24) is 14.9 Å². The Kier molecular flexibility index (Phi) is 6.38. The fourth-order valence-electron chi connectivity index (χ4n) is 3.67. The molecule has 5 heteroatoms. The topological polar surface area (TPSA) is 46.9 Å². The summed E-state index contributed by atoms with van der Waals surface area (Å²) in [5, 5.41) is 3.60. The van der Waals surface area contributed by atoms with Crippen LogP contribution in [0, 0.1) is 0 Å². The van der Waals surface area contributed by atoms with Crippen molar-refractivity contribution < 1.29 is 4.79 Å². The van der Waals surface area contributed by atoms with Crippen molar-refractivity contribution in [1.29, 1.82) is 0 Å². The summed E-state index contributed by atoms with van der Waals surface area (Å²) in [7, 11) is 0. The number of carbonyl (C=O) groups excluding carboxylic acids is 1. The first-order chi connectivity index (χ1) is 15.0. The van der Waals surface area contributed by atoms with Gasteiger partial charge in [-0.2, -0.15) is 0 Å². The molecule has 1 heterocycles. The molecule has 0 radical (unpaired) electrons. The predicted molar refractivity (Wildman–Crippen MR) is 127 cm³/mol. The van der Waals surface area contributed by atoms with Crippen LogP contribution < -0.4 is 5.32 Å². The van der Waals surface area contributed by atoms with E-state index in [0.717, 1.165) is 23.4 Å². The molecule has 0 saturated carbocycles. The maximum absolute atomic E-state index is 12.4. The molecule has 1 aromatic heterocycles. The van der Waals surface area contributed by atoms with Crippen LogP contribution >= 0.6 is 11.6 Å². The van der Waals surface area contributed by atoms with E-state index >= 15 is 0 Å². The first-order valence-electron chi connectivity index (χ1n) is 10.6. The molecule has 0 saturated heterocycles. The molecule has 1 amide bonds. The number of imidazole rings is 1. The summed E-state index contributed by atoms with van der Waals surface area (Å²) in [6.07, 6.45) is 0.651. The molecule has 158 valence electrons. The second kappa shape index (κ2) is 9.36. The summed E-state index contributed by atoms with van der Waals surface area (Å²) in [6, 6.07) is 23.9. The number of rotatable bonds is 7. The molecule has 4 aromatic rings. The number of halogens is 1. The standard InChI is InChI=1S/C26H26ClN3O/c1-18(2)20-9-7-19(8-10-20)17-30-24-6-4-3-5-23(24)29-25(30)15-16-28-26(31)21-11-13-22(27)14-12-21/h3-14,18H,15-17H2,1-2H3,(H,28,31). The fraction of sp³-hybridized carbons (Fsp3) is 0.231. The lowest BCUT2D eigenvalue weighted by atomic mass is 10.0. The average molecular weight is 432 g/mol. The minimum atomic E-state index is -0.108. The van der Waals surface area contributed by atoms with Crippen molar-refractivity contribution in [2.75, 3.05) is 6.54 Å². The lowest BCUT2D eigenvalue weighted by Gasteiger charge is -2.12. The number of aromatic nitrogens is 2. The average Bonchev–Trinajstić information content (AvgIpc) is 3.12. The number of hydrogen-bond donors (Lipinski definition) is 1. The van der Waals surface area contributed by atoms with Crippen LogP contribution in [-0.4, -0.2) is 22.0 Å². The molecule has 0 bridgehead atoms. The van der Waals surface area contributed by atoms with Crippen molar-refractivity contribution in [3.8, 4) is 0 Å². The molecule has 0 spiro atoms. The molecule has 4 nitrogen and oxygen atoms in total. The van der Waals surface area contributed by atoms with Crippen molar-refractivity contribution in [2.24, 2.45) is 0 Å². The van der Waals surface area contributed by atoms with Crippen molar-refractivity contribution >= 4 is 28.5 Å². The van der Waals surface area contributed by atoms with Gasteiger partial charge in [-0.3, -0.25) is 4.79 Å². The van der Waals surface area contributed by atoms with E-state index in [9.17, 15) is 4.79 Å². The highest BCUT2D eigenvalue weighted by atomic mass is 35.5. The summed E-state index contributed by atoms with van der Waals surface area (Å²) in [6.45, 7) is 5.67.